The number of aromatic nitrogens is 2. The van der Waals surface area contributed by atoms with Gasteiger partial charge in [0.15, 0.2) is 0 Å². The van der Waals surface area contributed by atoms with Crippen LogP contribution in [0.3, 0.4) is 0 Å². The molecular weight excluding hydrogens is 372 g/mol. The Balaban J connectivity index is 1.40. The molecule has 4 rings (SSSR count). The SMILES string of the molecule is COc1cccc(NC(=O)CN2CCCC[C@H]2c2nnc(C3CCOCC3)o2)c1. The standard InChI is InChI=1S/C21H28N4O4/c1-27-17-6-4-5-16(13-17)22-19(26)14-25-10-3-2-7-18(25)21-24-23-20(29-21)15-8-11-28-12-9-15/h4-6,13,15,18H,2-3,7-12,14H2,1H3,(H,22,26)/t18-/m0/s1. The smallest absolute Gasteiger partial charge is 0.238 e. The van der Waals surface area contributed by atoms with Gasteiger partial charge in [-0.3, -0.25) is 9.69 Å². The van der Waals surface area contributed by atoms with Gasteiger partial charge in [0.1, 0.15) is 5.75 Å². The number of ether oxygens (including phenoxy) is 2. The van der Waals surface area contributed by atoms with Gasteiger partial charge in [-0.1, -0.05) is 12.5 Å². The van der Waals surface area contributed by atoms with E-state index < -0.39 is 0 Å². The molecule has 0 radical (unpaired) electrons. The summed E-state index contributed by atoms with van der Waals surface area (Å²) in [5.41, 5.74) is 0.725. The highest BCUT2D eigenvalue weighted by atomic mass is 16.5. The van der Waals surface area contributed by atoms with Crippen molar-refractivity contribution >= 4 is 11.6 Å². The molecule has 1 amide bonds. The molecule has 2 aromatic rings. The number of methoxy groups -OCH3 is 1. The van der Waals surface area contributed by atoms with E-state index in [-0.39, 0.29) is 24.4 Å². The van der Waals surface area contributed by atoms with Crippen LogP contribution in [0.5, 0.6) is 5.75 Å². The fourth-order valence-corrected chi connectivity index (χ4v) is 4.04. The highest BCUT2D eigenvalue weighted by Gasteiger charge is 2.31. The van der Waals surface area contributed by atoms with Gasteiger partial charge in [-0.2, -0.15) is 0 Å². The van der Waals surface area contributed by atoms with Gasteiger partial charge in [-0.25, -0.2) is 0 Å². The van der Waals surface area contributed by atoms with Gasteiger partial charge in [0.25, 0.3) is 0 Å². The minimum Gasteiger partial charge on any atom is -0.497 e. The third-order valence-corrected chi connectivity index (χ3v) is 5.63. The molecule has 0 bridgehead atoms. The molecule has 0 saturated carbocycles. The number of rotatable bonds is 6. The Hall–Kier alpha value is -2.45. The van der Waals surface area contributed by atoms with Crippen molar-refractivity contribution in [3.8, 4) is 5.75 Å². The summed E-state index contributed by atoms with van der Waals surface area (Å²) in [7, 11) is 1.61. The molecule has 156 valence electrons. The third-order valence-electron chi connectivity index (χ3n) is 5.63. The van der Waals surface area contributed by atoms with Crippen LogP contribution in [-0.4, -0.2) is 54.4 Å². The van der Waals surface area contributed by atoms with Gasteiger partial charge in [-0.05, 0) is 44.4 Å². The lowest BCUT2D eigenvalue weighted by atomic mass is 10.0. The van der Waals surface area contributed by atoms with Gasteiger partial charge in [-0.15, -0.1) is 10.2 Å². The summed E-state index contributed by atoms with van der Waals surface area (Å²) in [4.78, 5) is 14.8. The summed E-state index contributed by atoms with van der Waals surface area (Å²) in [6, 6.07) is 7.35. The number of amides is 1. The predicted molar refractivity (Wildman–Crippen MR) is 107 cm³/mol. The first-order chi connectivity index (χ1) is 14.2. The zero-order chi connectivity index (χ0) is 20.1. The summed E-state index contributed by atoms with van der Waals surface area (Å²) < 4.78 is 16.7. The molecule has 3 heterocycles. The van der Waals surface area contributed by atoms with Crippen molar-refractivity contribution in [3.63, 3.8) is 0 Å². The number of anilines is 1. The van der Waals surface area contributed by atoms with E-state index >= 15 is 0 Å². The monoisotopic (exact) mass is 400 g/mol. The van der Waals surface area contributed by atoms with Crippen LogP contribution in [0.15, 0.2) is 28.7 Å². The number of carbonyl (C=O) groups is 1. The van der Waals surface area contributed by atoms with Crippen molar-refractivity contribution in [2.24, 2.45) is 0 Å². The van der Waals surface area contributed by atoms with Crippen molar-refractivity contribution in [1.82, 2.24) is 15.1 Å². The Kier molecular flexibility index (Phi) is 6.41. The molecule has 8 nitrogen and oxygen atoms in total. The number of hydrogen-bond donors (Lipinski definition) is 1. The van der Waals surface area contributed by atoms with E-state index in [0.717, 1.165) is 57.6 Å². The van der Waals surface area contributed by atoms with Gasteiger partial charge in [0, 0.05) is 30.9 Å². The van der Waals surface area contributed by atoms with E-state index in [1.54, 1.807) is 7.11 Å². The lowest BCUT2D eigenvalue weighted by Crippen LogP contribution is -2.39. The summed E-state index contributed by atoms with van der Waals surface area (Å²) >= 11 is 0. The fourth-order valence-electron chi connectivity index (χ4n) is 4.04. The molecule has 1 N–H and O–H groups in total. The Morgan fingerprint density at radius 2 is 2.03 bits per heavy atom. The second-order valence-corrected chi connectivity index (χ2v) is 7.63. The van der Waals surface area contributed by atoms with Crippen LogP contribution in [0.2, 0.25) is 0 Å². The topological polar surface area (TPSA) is 89.7 Å². The third kappa shape index (κ3) is 4.94. The quantitative estimate of drug-likeness (QED) is 0.797. The van der Waals surface area contributed by atoms with Crippen molar-refractivity contribution in [2.45, 2.75) is 44.1 Å². The Bertz CT molecular complexity index is 819. The Morgan fingerprint density at radius 1 is 1.21 bits per heavy atom. The van der Waals surface area contributed by atoms with Gasteiger partial charge in [0.05, 0.1) is 19.7 Å². The predicted octanol–water partition coefficient (Wildman–Crippen LogP) is 3.14. The van der Waals surface area contributed by atoms with Crippen LogP contribution in [-0.2, 0) is 9.53 Å². The van der Waals surface area contributed by atoms with Crippen LogP contribution in [0.4, 0.5) is 5.69 Å². The molecule has 0 spiro atoms. The highest BCUT2D eigenvalue weighted by molar-refractivity contribution is 5.92. The molecule has 8 heteroatoms. The van der Waals surface area contributed by atoms with Crippen LogP contribution in [0.1, 0.15) is 55.8 Å². The van der Waals surface area contributed by atoms with Crippen LogP contribution in [0.25, 0.3) is 0 Å². The molecule has 2 saturated heterocycles. The minimum absolute atomic E-state index is 0.0131. The van der Waals surface area contributed by atoms with E-state index in [1.165, 1.54) is 0 Å². The number of hydrogen-bond acceptors (Lipinski definition) is 7. The Morgan fingerprint density at radius 3 is 2.86 bits per heavy atom. The average molecular weight is 400 g/mol. The van der Waals surface area contributed by atoms with Crippen molar-refractivity contribution in [2.75, 3.05) is 38.7 Å². The first kappa shape index (κ1) is 19.8. The zero-order valence-electron chi connectivity index (χ0n) is 16.8. The zero-order valence-corrected chi connectivity index (χ0v) is 16.8. The van der Waals surface area contributed by atoms with E-state index in [0.29, 0.717) is 17.5 Å². The average Bonchev–Trinajstić information content (AvgIpc) is 3.25. The molecule has 1 atom stereocenters. The number of nitrogens with one attached hydrogen (secondary N) is 1. The number of carbonyl (C=O) groups excluding carboxylic acids is 1. The highest BCUT2D eigenvalue weighted by Crippen LogP contribution is 2.33. The van der Waals surface area contributed by atoms with E-state index in [2.05, 4.69) is 20.4 Å². The fraction of sp³-hybridized carbons (Fsp3) is 0.571. The van der Waals surface area contributed by atoms with Crippen LogP contribution >= 0.6 is 0 Å². The van der Waals surface area contributed by atoms with Crippen molar-refractivity contribution in [3.05, 3.63) is 36.0 Å². The molecule has 0 unspecified atom stereocenters. The lowest BCUT2D eigenvalue weighted by Gasteiger charge is -2.32. The van der Waals surface area contributed by atoms with Crippen molar-refractivity contribution in [1.29, 1.82) is 0 Å². The van der Waals surface area contributed by atoms with E-state index in [4.69, 9.17) is 13.9 Å². The molecule has 1 aromatic heterocycles. The normalized spacial score (nSPS) is 21.1. The minimum atomic E-state index is -0.0608. The maximum atomic E-state index is 12.6. The summed E-state index contributed by atoms with van der Waals surface area (Å²) in [5.74, 6) is 2.26. The molecular formula is C21H28N4O4. The molecule has 0 aliphatic carbocycles. The van der Waals surface area contributed by atoms with Crippen LogP contribution < -0.4 is 10.1 Å². The maximum absolute atomic E-state index is 12.6. The molecule has 2 fully saturated rings. The molecule has 2 aliphatic heterocycles. The number of nitrogens with zero attached hydrogens (tertiary/aromatic N) is 3. The van der Waals surface area contributed by atoms with E-state index in [9.17, 15) is 4.79 Å². The largest absolute Gasteiger partial charge is 0.497 e. The summed E-state index contributed by atoms with van der Waals surface area (Å²) in [6.45, 7) is 2.60. The molecule has 2 aliphatic rings. The first-order valence-corrected chi connectivity index (χ1v) is 10.3. The van der Waals surface area contributed by atoms with Crippen molar-refractivity contribution < 1.29 is 18.7 Å². The maximum Gasteiger partial charge on any atom is 0.238 e. The van der Waals surface area contributed by atoms with Gasteiger partial charge >= 0.3 is 0 Å². The second-order valence-electron chi connectivity index (χ2n) is 7.63. The Labute approximate surface area is 170 Å². The summed E-state index contributed by atoms with van der Waals surface area (Å²) in [6.07, 6.45) is 4.90. The molecule has 29 heavy (non-hydrogen) atoms. The van der Waals surface area contributed by atoms with E-state index in [1.807, 2.05) is 24.3 Å². The molecule has 1 aromatic carbocycles. The lowest BCUT2D eigenvalue weighted by molar-refractivity contribution is -0.118. The van der Waals surface area contributed by atoms with Gasteiger partial charge in [0.2, 0.25) is 17.7 Å². The van der Waals surface area contributed by atoms with Gasteiger partial charge < -0.3 is 19.2 Å². The number of piperidine rings is 1. The first-order valence-electron chi connectivity index (χ1n) is 10.3. The van der Waals surface area contributed by atoms with Crippen LogP contribution in [0, 0.1) is 0 Å². The number of likely N-dealkylation sites (tertiary alicyclic amines) is 1. The second kappa shape index (κ2) is 9.37. The summed E-state index contributed by atoms with van der Waals surface area (Å²) in [5, 5.41) is 11.6. The number of benzene rings is 1.